The maximum absolute atomic E-state index is 5.34. The number of rotatable bonds is 4. The summed E-state index contributed by atoms with van der Waals surface area (Å²) in [6.07, 6.45) is 4.04. The zero-order valence-electron chi connectivity index (χ0n) is 11.6. The Morgan fingerprint density at radius 3 is 2.50 bits per heavy atom. The molecule has 0 aliphatic carbocycles. The second kappa shape index (κ2) is 5.97. The lowest BCUT2D eigenvalue weighted by molar-refractivity contribution is 0.158. The number of piperidine rings is 1. The van der Waals surface area contributed by atoms with Crippen LogP contribution in [0.2, 0.25) is 0 Å². The molecule has 0 radical (unpaired) electrons. The van der Waals surface area contributed by atoms with Gasteiger partial charge in [-0.1, -0.05) is 20.3 Å². The molecule has 102 valence electrons. The van der Waals surface area contributed by atoms with Gasteiger partial charge in [0.15, 0.2) is 4.77 Å². The standard InChI is InChI=1S/C13H24N4S/c1-10(2)12-14-15-13(18)17(12)9-11(3)16-7-5-4-6-8-16/h10-11H,4-9H2,1-3H3,(H,15,18). The van der Waals surface area contributed by atoms with E-state index in [0.29, 0.717) is 12.0 Å². The van der Waals surface area contributed by atoms with Crippen molar-refractivity contribution in [3.63, 3.8) is 0 Å². The lowest BCUT2D eigenvalue weighted by Crippen LogP contribution is -2.40. The van der Waals surface area contributed by atoms with Crippen molar-refractivity contribution in [1.82, 2.24) is 19.7 Å². The van der Waals surface area contributed by atoms with E-state index in [1.165, 1.54) is 32.4 Å². The minimum atomic E-state index is 0.409. The number of H-pyrrole nitrogens is 1. The van der Waals surface area contributed by atoms with Crippen LogP contribution < -0.4 is 0 Å². The van der Waals surface area contributed by atoms with Crippen LogP contribution in [0.25, 0.3) is 0 Å². The van der Waals surface area contributed by atoms with Crippen LogP contribution in [0.4, 0.5) is 0 Å². The maximum atomic E-state index is 5.34. The average molecular weight is 268 g/mol. The molecule has 1 aromatic heterocycles. The van der Waals surface area contributed by atoms with Gasteiger partial charge in [-0.3, -0.25) is 10.00 Å². The predicted octanol–water partition coefficient (Wildman–Crippen LogP) is 2.94. The molecule has 1 unspecified atom stereocenters. The van der Waals surface area contributed by atoms with Crippen LogP contribution in [0.5, 0.6) is 0 Å². The van der Waals surface area contributed by atoms with Gasteiger partial charge in [-0.25, -0.2) is 0 Å². The van der Waals surface area contributed by atoms with Crippen molar-refractivity contribution in [3.05, 3.63) is 10.6 Å². The molecule has 0 aromatic carbocycles. The Morgan fingerprint density at radius 1 is 1.22 bits per heavy atom. The molecule has 0 bridgehead atoms. The van der Waals surface area contributed by atoms with E-state index in [9.17, 15) is 0 Å². The summed E-state index contributed by atoms with van der Waals surface area (Å²) in [5.41, 5.74) is 0. The van der Waals surface area contributed by atoms with E-state index in [4.69, 9.17) is 12.2 Å². The van der Waals surface area contributed by atoms with Crippen molar-refractivity contribution in [2.75, 3.05) is 13.1 Å². The molecule has 4 nitrogen and oxygen atoms in total. The highest BCUT2D eigenvalue weighted by molar-refractivity contribution is 7.71. The Balaban J connectivity index is 2.08. The summed E-state index contributed by atoms with van der Waals surface area (Å²) in [4.78, 5) is 2.57. The van der Waals surface area contributed by atoms with E-state index in [1.54, 1.807) is 0 Å². The molecule has 2 heterocycles. The van der Waals surface area contributed by atoms with Gasteiger partial charge in [0.05, 0.1) is 0 Å². The van der Waals surface area contributed by atoms with Crippen molar-refractivity contribution in [3.8, 4) is 0 Å². The van der Waals surface area contributed by atoms with E-state index in [-0.39, 0.29) is 0 Å². The number of aromatic amines is 1. The normalized spacial score (nSPS) is 19.3. The average Bonchev–Trinajstić information content (AvgIpc) is 2.72. The summed E-state index contributed by atoms with van der Waals surface area (Å²) >= 11 is 5.34. The first kappa shape index (κ1) is 13.7. The predicted molar refractivity (Wildman–Crippen MR) is 76.4 cm³/mol. The summed E-state index contributed by atoms with van der Waals surface area (Å²) in [5.74, 6) is 1.48. The molecular formula is C13H24N4S. The third-order valence-corrected chi connectivity index (χ3v) is 4.08. The highest BCUT2D eigenvalue weighted by Crippen LogP contribution is 2.16. The van der Waals surface area contributed by atoms with Crippen LogP contribution in [0.1, 0.15) is 51.8 Å². The second-order valence-corrected chi connectivity index (χ2v) is 5.98. The highest BCUT2D eigenvalue weighted by atomic mass is 32.1. The number of nitrogens with zero attached hydrogens (tertiary/aromatic N) is 3. The molecule has 5 heteroatoms. The van der Waals surface area contributed by atoms with Crippen molar-refractivity contribution in [1.29, 1.82) is 0 Å². The Hall–Kier alpha value is -0.680. The molecule has 1 aromatic rings. The number of nitrogens with one attached hydrogen (secondary N) is 1. The number of hydrogen-bond acceptors (Lipinski definition) is 3. The monoisotopic (exact) mass is 268 g/mol. The fourth-order valence-corrected chi connectivity index (χ4v) is 2.90. The smallest absolute Gasteiger partial charge is 0.195 e. The third-order valence-electron chi connectivity index (χ3n) is 3.76. The molecule has 2 rings (SSSR count). The van der Waals surface area contributed by atoms with E-state index in [2.05, 4.69) is 40.4 Å². The first-order valence-electron chi connectivity index (χ1n) is 6.98. The van der Waals surface area contributed by atoms with Crippen LogP contribution >= 0.6 is 12.2 Å². The highest BCUT2D eigenvalue weighted by Gasteiger charge is 2.19. The van der Waals surface area contributed by atoms with Gasteiger partial charge in [0.2, 0.25) is 0 Å². The lowest BCUT2D eigenvalue weighted by atomic mass is 10.1. The Kier molecular flexibility index (Phi) is 4.56. The molecule has 0 spiro atoms. The Bertz CT molecular complexity index is 428. The summed E-state index contributed by atoms with van der Waals surface area (Å²) in [5, 5.41) is 7.26. The van der Waals surface area contributed by atoms with Crippen LogP contribution in [-0.4, -0.2) is 38.8 Å². The number of hydrogen-bond donors (Lipinski definition) is 1. The maximum Gasteiger partial charge on any atom is 0.195 e. The topological polar surface area (TPSA) is 36.9 Å². The zero-order chi connectivity index (χ0) is 13.1. The van der Waals surface area contributed by atoms with Crippen LogP contribution in [-0.2, 0) is 6.54 Å². The first-order chi connectivity index (χ1) is 8.59. The molecule has 0 saturated carbocycles. The van der Waals surface area contributed by atoms with Crippen LogP contribution in [0.15, 0.2) is 0 Å². The molecule has 0 amide bonds. The SMILES string of the molecule is CC(C)c1n[nH]c(=S)n1CC(C)N1CCCCC1. The Labute approximate surface area is 114 Å². The largest absolute Gasteiger partial charge is 0.302 e. The van der Waals surface area contributed by atoms with Gasteiger partial charge in [-0.05, 0) is 45.1 Å². The van der Waals surface area contributed by atoms with E-state index in [1.807, 2.05) is 0 Å². The zero-order valence-corrected chi connectivity index (χ0v) is 12.5. The van der Waals surface area contributed by atoms with E-state index in [0.717, 1.165) is 17.1 Å². The minimum absolute atomic E-state index is 0.409. The lowest BCUT2D eigenvalue weighted by Gasteiger charge is -2.32. The van der Waals surface area contributed by atoms with Gasteiger partial charge < -0.3 is 4.57 Å². The van der Waals surface area contributed by atoms with E-state index < -0.39 is 0 Å². The molecule has 18 heavy (non-hydrogen) atoms. The van der Waals surface area contributed by atoms with Gasteiger partial charge >= 0.3 is 0 Å². The summed E-state index contributed by atoms with van der Waals surface area (Å²) < 4.78 is 2.92. The summed E-state index contributed by atoms with van der Waals surface area (Å²) in [6, 6.07) is 0.534. The summed E-state index contributed by atoms with van der Waals surface area (Å²) in [7, 11) is 0. The summed E-state index contributed by atoms with van der Waals surface area (Å²) in [6.45, 7) is 10.0. The van der Waals surface area contributed by atoms with Gasteiger partial charge in [-0.2, -0.15) is 5.10 Å². The fourth-order valence-electron chi connectivity index (χ4n) is 2.69. The second-order valence-electron chi connectivity index (χ2n) is 5.60. The van der Waals surface area contributed by atoms with Gasteiger partial charge in [0, 0.05) is 18.5 Å². The molecule has 1 atom stereocenters. The molecular weight excluding hydrogens is 244 g/mol. The molecule has 1 aliphatic heterocycles. The van der Waals surface area contributed by atoms with Crippen LogP contribution in [0.3, 0.4) is 0 Å². The molecule has 1 fully saturated rings. The molecule has 1 saturated heterocycles. The van der Waals surface area contributed by atoms with Crippen molar-refractivity contribution < 1.29 is 0 Å². The van der Waals surface area contributed by atoms with Crippen molar-refractivity contribution in [2.24, 2.45) is 0 Å². The van der Waals surface area contributed by atoms with Gasteiger partial charge in [0.25, 0.3) is 0 Å². The van der Waals surface area contributed by atoms with Crippen molar-refractivity contribution in [2.45, 2.75) is 58.5 Å². The van der Waals surface area contributed by atoms with E-state index >= 15 is 0 Å². The molecule has 1 N–H and O–H groups in total. The Morgan fingerprint density at radius 2 is 1.89 bits per heavy atom. The van der Waals surface area contributed by atoms with Gasteiger partial charge in [0.1, 0.15) is 5.82 Å². The quantitative estimate of drug-likeness (QED) is 0.853. The van der Waals surface area contributed by atoms with Crippen molar-refractivity contribution >= 4 is 12.2 Å². The molecule has 1 aliphatic rings. The first-order valence-corrected chi connectivity index (χ1v) is 7.39. The third kappa shape index (κ3) is 3.01. The fraction of sp³-hybridized carbons (Fsp3) is 0.846. The number of aromatic nitrogens is 3. The van der Waals surface area contributed by atoms with Crippen LogP contribution in [0, 0.1) is 4.77 Å². The van der Waals surface area contributed by atoms with Gasteiger partial charge in [-0.15, -0.1) is 0 Å². The minimum Gasteiger partial charge on any atom is -0.302 e. The number of likely N-dealkylation sites (tertiary alicyclic amines) is 1.